The summed E-state index contributed by atoms with van der Waals surface area (Å²) in [7, 11) is 2.01. The highest BCUT2D eigenvalue weighted by Crippen LogP contribution is 2.33. The summed E-state index contributed by atoms with van der Waals surface area (Å²) in [6.45, 7) is 5.42. The fourth-order valence-electron chi connectivity index (χ4n) is 2.91. The van der Waals surface area contributed by atoms with Gasteiger partial charge >= 0.3 is 6.18 Å². The Hall–Kier alpha value is -1.47. The van der Waals surface area contributed by atoms with Crippen LogP contribution in [0.25, 0.3) is 0 Å². The number of rotatable bonds is 5. The van der Waals surface area contributed by atoms with Gasteiger partial charge in [0.2, 0.25) is 0 Å². The molecule has 3 nitrogen and oxygen atoms in total. The fourth-order valence-corrected chi connectivity index (χ4v) is 2.91. The summed E-state index contributed by atoms with van der Waals surface area (Å²) in [5.74, 6) is -2.02. The minimum Gasteiger partial charge on any atom is -0.304 e. The summed E-state index contributed by atoms with van der Waals surface area (Å²) in [5.41, 5.74) is -0.986. The van der Waals surface area contributed by atoms with Crippen LogP contribution < -0.4 is 0 Å². The smallest absolute Gasteiger partial charge is 0.304 e. The molecule has 24 heavy (non-hydrogen) atoms. The molecule has 1 atom stereocenters. The fraction of sp³-hybridized carbons (Fsp3) is 0.588. The molecule has 2 rings (SSSR count). The Balaban J connectivity index is 2.22. The van der Waals surface area contributed by atoms with E-state index in [1.165, 1.54) is 6.07 Å². The molecule has 1 aliphatic rings. The highest BCUT2D eigenvalue weighted by molar-refractivity contribution is 5.85. The van der Waals surface area contributed by atoms with Crippen molar-refractivity contribution in [3.8, 4) is 0 Å². The van der Waals surface area contributed by atoms with Gasteiger partial charge in [0.25, 0.3) is 0 Å². The molecule has 1 saturated heterocycles. The van der Waals surface area contributed by atoms with E-state index in [1.807, 2.05) is 7.05 Å². The Bertz CT molecular complexity index is 580. The quantitative estimate of drug-likeness (QED) is 0.765. The largest absolute Gasteiger partial charge is 0.419 e. The summed E-state index contributed by atoms with van der Waals surface area (Å²) >= 11 is 0. The predicted octanol–water partition coefficient (Wildman–Crippen LogP) is 3.15. The third kappa shape index (κ3) is 4.54. The van der Waals surface area contributed by atoms with Crippen LogP contribution in [0.3, 0.4) is 0 Å². The summed E-state index contributed by atoms with van der Waals surface area (Å²) in [6, 6.07) is 2.81. The van der Waals surface area contributed by atoms with Crippen molar-refractivity contribution in [1.29, 1.82) is 0 Å². The van der Waals surface area contributed by atoms with Crippen molar-refractivity contribution in [3.63, 3.8) is 0 Å². The number of alkyl halides is 3. The lowest BCUT2D eigenvalue weighted by molar-refractivity contribution is -0.140. The van der Waals surface area contributed by atoms with Crippen molar-refractivity contribution in [3.05, 3.63) is 35.1 Å². The van der Waals surface area contributed by atoms with Gasteiger partial charge in [-0.2, -0.15) is 13.2 Å². The van der Waals surface area contributed by atoms with E-state index in [-0.39, 0.29) is 12.2 Å². The number of likely N-dealkylation sites (N-methyl/N-ethyl adjacent to an activating group) is 1. The van der Waals surface area contributed by atoms with Crippen molar-refractivity contribution >= 4 is 5.78 Å². The van der Waals surface area contributed by atoms with Crippen LogP contribution in [0.5, 0.6) is 0 Å². The molecule has 1 aliphatic heterocycles. The zero-order valence-electron chi connectivity index (χ0n) is 13.9. The first-order chi connectivity index (χ1) is 11.2. The van der Waals surface area contributed by atoms with Crippen LogP contribution in [0.4, 0.5) is 17.6 Å². The standard InChI is InChI=1S/C17H22F4N2O/c1-3-16(24)13(11-23-8-6-22(2)7-9-23)12-4-5-14(15(18)10-12)17(19,20)21/h4-5,10,13H,3,6-9,11H2,1-2H3/t13-/m1/s1. The van der Waals surface area contributed by atoms with Crippen LogP contribution in [0.15, 0.2) is 18.2 Å². The van der Waals surface area contributed by atoms with Crippen molar-refractivity contribution in [2.45, 2.75) is 25.4 Å². The lowest BCUT2D eigenvalue weighted by Crippen LogP contribution is -2.46. The number of benzene rings is 1. The first kappa shape index (κ1) is 18.9. The van der Waals surface area contributed by atoms with Crippen LogP contribution in [0.2, 0.25) is 0 Å². The number of hydrogen-bond donors (Lipinski definition) is 0. The van der Waals surface area contributed by atoms with E-state index in [9.17, 15) is 22.4 Å². The second-order valence-corrected chi connectivity index (χ2v) is 6.21. The monoisotopic (exact) mass is 346 g/mol. The van der Waals surface area contributed by atoms with Gasteiger partial charge in [0.1, 0.15) is 11.6 Å². The topological polar surface area (TPSA) is 23.6 Å². The average molecular weight is 346 g/mol. The molecule has 0 bridgehead atoms. The first-order valence-corrected chi connectivity index (χ1v) is 8.02. The van der Waals surface area contributed by atoms with Gasteiger partial charge in [-0.15, -0.1) is 0 Å². The Morgan fingerprint density at radius 3 is 2.33 bits per heavy atom. The highest BCUT2D eigenvalue weighted by Gasteiger charge is 2.35. The van der Waals surface area contributed by atoms with E-state index in [0.29, 0.717) is 12.1 Å². The van der Waals surface area contributed by atoms with Crippen LogP contribution in [0.1, 0.15) is 30.4 Å². The predicted molar refractivity (Wildman–Crippen MR) is 83.4 cm³/mol. The van der Waals surface area contributed by atoms with Gasteiger partial charge in [0, 0.05) is 39.1 Å². The number of carbonyl (C=O) groups excluding carboxylic acids is 1. The molecule has 0 radical (unpaired) electrons. The minimum atomic E-state index is -4.73. The molecular formula is C17H22F4N2O. The molecule has 134 valence electrons. The molecule has 0 aliphatic carbocycles. The third-order valence-electron chi connectivity index (χ3n) is 4.47. The van der Waals surface area contributed by atoms with Crippen LogP contribution in [-0.2, 0) is 11.0 Å². The van der Waals surface area contributed by atoms with Gasteiger partial charge < -0.3 is 4.90 Å². The lowest BCUT2D eigenvalue weighted by atomic mass is 9.91. The van der Waals surface area contributed by atoms with E-state index >= 15 is 0 Å². The second-order valence-electron chi connectivity index (χ2n) is 6.21. The van der Waals surface area contributed by atoms with Gasteiger partial charge in [-0.05, 0) is 24.7 Å². The van der Waals surface area contributed by atoms with Crippen molar-refractivity contribution in [2.75, 3.05) is 39.8 Å². The molecule has 0 aromatic heterocycles. The van der Waals surface area contributed by atoms with Crippen LogP contribution in [-0.4, -0.2) is 55.4 Å². The molecule has 1 heterocycles. The number of ketones is 1. The number of halogens is 4. The normalized spacial score (nSPS) is 18.6. The van der Waals surface area contributed by atoms with Crippen molar-refractivity contribution < 1.29 is 22.4 Å². The lowest BCUT2D eigenvalue weighted by Gasteiger charge is -2.34. The maximum absolute atomic E-state index is 13.9. The average Bonchev–Trinajstić information content (AvgIpc) is 2.52. The van der Waals surface area contributed by atoms with E-state index < -0.39 is 23.5 Å². The summed E-state index contributed by atoms with van der Waals surface area (Å²) in [5, 5.41) is 0. The van der Waals surface area contributed by atoms with E-state index in [1.54, 1.807) is 6.92 Å². The Labute approximate surface area is 139 Å². The third-order valence-corrected chi connectivity index (χ3v) is 4.47. The van der Waals surface area contributed by atoms with E-state index in [4.69, 9.17) is 0 Å². The number of hydrogen-bond acceptors (Lipinski definition) is 3. The van der Waals surface area contributed by atoms with Gasteiger partial charge in [-0.3, -0.25) is 9.69 Å². The second kappa shape index (κ2) is 7.61. The number of Topliss-reactive ketones (excluding diaryl/α,β-unsaturated/α-hetero) is 1. The molecular weight excluding hydrogens is 324 g/mol. The molecule has 1 fully saturated rings. The van der Waals surface area contributed by atoms with Gasteiger partial charge in [0.15, 0.2) is 0 Å². The summed E-state index contributed by atoms with van der Waals surface area (Å²) in [6.07, 6.45) is -4.47. The number of piperazine rings is 1. The molecule has 0 spiro atoms. The molecule has 0 amide bonds. The summed E-state index contributed by atoms with van der Waals surface area (Å²) < 4.78 is 51.9. The van der Waals surface area contributed by atoms with E-state index in [2.05, 4.69) is 9.80 Å². The number of carbonyl (C=O) groups is 1. The maximum atomic E-state index is 13.9. The van der Waals surface area contributed by atoms with Crippen LogP contribution >= 0.6 is 0 Å². The maximum Gasteiger partial charge on any atom is 0.419 e. The number of nitrogens with zero attached hydrogens (tertiary/aromatic N) is 2. The van der Waals surface area contributed by atoms with E-state index in [0.717, 1.165) is 38.3 Å². The molecule has 0 N–H and O–H groups in total. The molecule has 1 aromatic carbocycles. The Morgan fingerprint density at radius 1 is 1.21 bits per heavy atom. The van der Waals surface area contributed by atoms with Gasteiger partial charge in [-0.25, -0.2) is 4.39 Å². The zero-order chi connectivity index (χ0) is 17.9. The van der Waals surface area contributed by atoms with Gasteiger partial charge in [-0.1, -0.05) is 13.0 Å². The molecule has 0 unspecified atom stereocenters. The SMILES string of the molecule is CCC(=O)[C@H](CN1CCN(C)CC1)c1ccc(C(F)(F)F)c(F)c1. The minimum absolute atomic E-state index is 0.0897. The summed E-state index contributed by atoms with van der Waals surface area (Å²) in [4.78, 5) is 16.5. The molecule has 0 saturated carbocycles. The van der Waals surface area contributed by atoms with Gasteiger partial charge in [0.05, 0.1) is 11.5 Å². The van der Waals surface area contributed by atoms with Crippen molar-refractivity contribution in [1.82, 2.24) is 9.80 Å². The Morgan fingerprint density at radius 2 is 1.83 bits per heavy atom. The van der Waals surface area contributed by atoms with Crippen molar-refractivity contribution in [2.24, 2.45) is 0 Å². The highest BCUT2D eigenvalue weighted by atomic mass is 19.4. The molecule has 7 heteroatoms. The first-order valence-electron chi connectivity index (χ1n) is 8.02. The zero-order valence-corrected chi connectivity index (χ0v) is 13.9. The Kier molecular flexibility index (Phi) is 5.98. The van der Waals surface area contributed by atoms with Crippen LogP contribution in [0, 0.1) is 5.82 Å². The molecule has 1 aromatic rings.